The van der Waals surface area contributed by atoms with Gasteiger partial charge in [0.05, 0.1) is 23.0 Å². The molecule has 1 aromatic carbocycles. The Hall–Kier alpha value is -2.18. The Morgan fingerprint density at radius 1 is 1.32 bits per heavy atom. The fourth-order valence-corrected chi connectivity index (χ4v) is 4.05. The van der Waals surface area contributed by atoms with Crippen LogP contribution >= 0.6 is 0 Å². The van der Waals surface area contributed by atoms with E-state index in [1.165, 1.54) is 0 Å². The number of rotatable bonds is 3. The number of ether oxygens (including phenoxy) is 1. The zero-order valence-electron chi connectivity index (χ0n) is 14.3. The molecule has 2 heterocycles. The van der Waals surface area contributed by atoms with Gasteiger partial charge in [0.15, 0.2) is 0 Å². The van der Waals surface area contributed by atoms with Gasteiger partial charge in [-0.3, -0.25) is 4.79 Å². The van der Waals surface area contributed by atoms with Crippen LogP contribution in [0.1, 0.15) is 35.3 Å². The summed E-state index contributed by atoms with van der Waals surface area (Å²) >= 11 is 0. The summed E-state index contributed by atoms with van der Waals surface area (Å²) in [5, 5.41) is 17.8. The number of hydrogen-bond acceptors (Lipinski definition) is 4. The number of aliphatic hydroxyl groups is 1. The number of para-hydroxylation sites is 1. The fourth-order valence-electron chi connectivity index (χ4n) is 4.05. The maximum atomic E-state index is 12.9. The van der Waals surface area contributed by atoms with Crippen molar-refractivity contribution < 1.29 is 14.6 Å². The molecule has 25 heavy (non-hydrogen) atoms. The summed E-state index contributed by atoms with van der Waals surface area (Å²) in [4.78, 5) is 12.9. The second-order valence-electron chi connectivity index (χ2n) is 7.04. The number of benzene rings is 1. The molecule has 0 radical (unpaired) electrons. The summed E-state index contributed by atoms with van der Waals surface area (Å²) in [6, 6.07) is 9.36. The molecule has 2 atom stereocenters. The molecule has 1 saturated heterocycles. The summed E-state index contributed by atoms with van der Waals surface area (Å²) in [6.45, 7) is 3.21. The number of aromatic nitrogens is 2. The van der Waals surface area contributed by atoms with Crippen molar-refractivity contribution in [3.63, 3.8) is 0 Å². The lowest BCUT2D eigenvalue weighted by Crippen LogP contribution is -2.65. The van der Waals surface area contributed by atoms with Crippen molar-refractivity contribution in [2.75, 3.05) is 13.2 Å². The first-order valence-corrected chi connectivity index (χ1v) is 8.78. The molecule has 1 aliphatic heterocycles. The Morgan fingerprint density at radius 3 is 2.76 bits per heavy atom. The number of aliphatic hydroxyl groups excluding tert-OH is 1. The second-order valence-corrected chi connectivity index (χ2v) is 7.04. The van der Waals surface area contributed by atoms with Gasteiger partial charge in [-0.05, 0) is 44.4 Å². The molecule has 2 fully saturated rings. The van der Waals surface area contributed by atoms with Gasteiger partial charge in [0.2, 0.25) is 0 Å². The van der Waals surface area contributed by atoms with Gasteiger partial charge in [0.1, 0.15) is 0 Å². The van der Waals surface area contributed by atoms with Crippen LogP contribution in [0.25, 0.3) is 5.69 Å². The number of amides is 1. The predicted molar refractivity (Wildman–Crippen MR) is 92.7 cm³/mol. The third-order valence-corrected chi connectivity index (χ3v) is 5.66. The molecule has 2 N–H and O–H groups in total. The summed E-state index contributed by atoms with van der Waals surface area (Å²) < 4.78 is 7.16. The Kier molecular flexibility index (Phi) is 4.09. The minimum absolute atomic E-state index is 0.00804. The van der Waals surface area contributed by atoms with E-state index in [9.17, 15) is 9.90 Å². The highest BCUT2D eigenvalue weighted by atomic mass is 16.5. The van der Waals surface area contributed by atoms with Crippen LogP contribution in [-0.4, -0.2) is 46.2 Å². The van der Waals surface area contributed by atoms with E-state index in [0.717, 1.165) is 24.2 Å². The lowest BCUT2D eigenvalue weighted by Gasteiger charge is -2.55. The topological polar surface area (TPSA) is 76.4 Å². The maximum absolute atomic E-state index is 12.9. The molecule has 2 aromatic rings. The molecular weight excluding hydrogens is 318 g/mol. The van der Waals surface area contributed by atoms with E-state index < -0.39 is 0 Å². The SMILES string of the molecule is Cc1ccn(-c2ccccc2C(=O)N[C@@H]2C[C@@H](O)C23CCOCC3)n1. The summed E-state index contributed by atoms with van der Waals surface area (Å²) in [7, 11) is 0. The third-order valence-electron chi connectivity index (χ3n) is 5.66. The smallest absolute Gasteiger partial charge is 0.253 e. The van der Waals surface area contributed by atoms with Gasteiger partial charge in [0.25, 0.3) is 5.91 Å². The van der Waals surface area contributed by atoms with Gasteiger partial charge >= 0.3 is 0 Å². The lowest BCUT2D eigenvalue weighted by atomic mass is 9.58. The zero-order valence-corrected chi connectivity index (χ0v) is 14.3. The van der Waals surface area contributed by atoms with E-state index >= 15 is 0 Å². The van der Waals surface area contributed by atoms with Gasteiger partial charge in [-0.2, -0.15) is 5.10 Å². The number of carbonyl (C=O) groups excluding carboxylic acids is 1. The van der Waals surface area contributed by atoms with Crippen molar-refractivity contribution in [1.29, 1.82) is 0 Å². The van der Waals surface area contributed by atoms with Crippen molar-refractivity contribution in [3.8, 4) is 5.69 Å². The van der Waals surface area contributed by atoms with E-state index in [1.807, 2.05) is 43.5 Å². The number of nitrogens with one attached hydrogen (secondary N) is 1. The molecule has 4 rings (SSSR count). The molecule has 2 aliphatic rings. The highest BCUT2D eigenvalue weighted by Crippen LogP contribution is 2.49. The monoisotopic (exact) mass is 341 g/mol. The average molecular weight is 341 g/mol. The lowest BCUT2D eigenvalue weighted by molar-refractivity contribution is -0.145. The Morgan fingerprint density at radius 2 is 2.08 bits per heavy atom. The van der Waals surface area contributed by atoms with Crippen molar-refractivity contribution >= 4 is 5.91 Å². The second kappa shape index (κ2) is 6.28. The van der Waals surface area contributed by atoms with Crippen molar-refractivity contribution in [3.05, 3.63) is 47.8 Å². The Labute approximate surface area is 146 Å². The normalized spacial score (nSPS) is 24.7. The molecular formula is C19H23N3O3. The minimum Gasteiger partial charge on any atom is -0.392 e. The minimum atomic E-state index is -0.356. The maximum Gasteiger partial charge on any atom is 0.253 e. The van der Waals surface area contributed by atoms with Crippen LogP contribution in [0.4, 0.5) is 0 Å². The molecule has 6 heteroatoms. The van der Waals surface area contributed by atoms with Crippen LogP contribution in [0, 0.1) is 12.3 Å². The van der Waals surface area contributed by atoms with Crippen molar-refractivity contribution in [1.82, 2.24) is 15.1 Å². The molecule has 0 unspecified atom stereocenters. The first kappa shape index (κ1) is 16.3. The average Bonchev–Trinajstić information content (AvgIpc) is 3.08. The van der Waals surface area contributed by atoms with Crippen LogP contribution in [0.15, 0.2) is 36.5 Å². The molecule has 1 aromatic heterocycles. The molecule has 1 aliphatic carbocycles. The van der Waals surface area contributed by atoms with E-state index in [1.54, 1.807) is 4.68 Å². The molecule has 132 valence electrons. The van der Waals surface area contributed by atoms with Crippen molar-refractivity contribution in [2.45, 2.75) is 38.3 Å². The Balaban J connectivity index is 1.56. The molecule has 6 nitrogen and oxygen atoms in total. The van der Waals surface area contributed by atoms with Gasteiger partial charge < -0.3 is 15.2 Å². The molecule has 0 bridgehead atoms. The van der Waals surface area contributed by atoms with Crippen LogP contribution in [0.3, 0.4) is 0 Å². The summed E-state index contributed by atoms with van der Waals surface area (Å²) in [5.41, 5.74) is 2.02. The van der Waals surface area contributed by atoms with Gasteiger partial charge in [0, 0.05) is 30.9 Å². The summed E-state index contributed by atoms with van der Waals surface area (Å²) in [6.07, 6.45) is 3.69. The number of hydrogen-bond donors (Lipinski definition) is 2. The molecule has 1 amide bonds. The standard InChI is InChI=1S/C19H23N3O3/c1-13-6-9-22(21-13)15-5-3-2-4-14(15)18(24)20-16-12-17(23)19(16)7-10-25-11-8-19/h2-6,9,16-17,23H,7-8,10-12H2,1H3,(H,20,24)/t16-,17-/m1/s1. The van der Waals surface area contributed by atoms with E-state index in [-0.39, 0.29) is 23.5 Å². The number of carbonyl (C=O) groups is 1. The van der Waals surface area contributed by atoms with Gasteiger partial charge in [-0.25, -0.2) is 4.68 Å². The highest BCUT2D eigenvalue weighted by Gasteiger charge is 2.55. The predicted octanol–water partition coefficient (Wildman–Crippen LogP) is 1.84. The molecule has 1 spiro atoms. The van der Waals surface area contributed by atoms with Crippen LogP contribution in [0.5, 0.6) is 0 Å². The third kappa shape index (κ3) is 2.75. The van der Waals surface area contributed by atoms with E-state index in [4.69, 9.17) is 4.74 Å². The van der Waals surface area contributed by atoms with E-state index in [2.05, 4.69) is 10.4 Å². The zero-order chi connectivity index (χ0) is 17.4. The number of aryl methyl sites for hydroxylation is 1. The van der Waals surface area contributed by atoms with E-state index in [0.29, 0.717) is 25.2 Å². The first-order chi connectivity index (χ1) is 12.1. The van der Waals surface area contributed by atoms with Crippen LogP contribution < -0.4 is 5.32 Å². The van der Waals surface area contributed by atoms with Crippen molar-refractivity contribution in [2.24, 2.45) is 5.41 Å². The quantitative estimate of drug-likeness (QED) is 0.893. The largest absolute Gasteiger partial charge is 0.392 e. The Bertz CT molecular complexity index is 780. The van der Waals surface area contributed by atoms with Gasteiger partial charge in [-0.15, -0.1) is 0 Å². The first-order valence-electron chi connectivity index (χ1n) is 8.78. The number of nitrogens with zero attached hydrogens (tertiary/aromatic N) is 2. The van der Waals surface area contributed by atoms with Crippen LogP contribution in [0.2, 0.25) is 0 Å². The highest BCUT2D eigenvalue weighted by molar-refractivity contribution is 5.98. The fraction of sp³-hybridized carbons (Fsp3) is 0.474. The summed E-state index contributed by atoms with van der Waals surface area (Å²) in [5.74, 6) is -0.119. The molecule has 1 saturated carbocycles. The van der Waals surface area contributed by atoms with Crippen LogP contribution in [-0.2, 0) is 4.74 Å². The van der Waals surface area contributed by atoms with Gasteiger partial charge in [-0.1, -0.05) is 12.1 Å².